The Morgan fingerprint density at radius 1 is 1.28 bits per heavy atom. The van der Waals surface area contributed by atoms with Crippen molar-refractivity contribution in [1.82, 2.24) is 4.90 Å². The van der Waals surface area contributed by atoms with Gasteiger partial charge in [-0.1, -0.05) is 30.3 Å². The lowest BCUT2D eigenvalue weighted by Gasteiger charge is -2.31. The smallest absolute Gasteiger partial charge is 0.232 e. The molecule has 100 valence electrons. The lowest BCUT2D eigenvalue weighted by atomic mass is 9.83. The number of likely N-dealkylation sites (N-methyl/N-ethyl adjacent to an activating group) is 1. The molecule has 1 rings (SSSR count). The fraction of sp³-hybridized carbons (Fsp3) is 0.533. The van der Waals surface area contributed by atoms with Gasteiger partial charge in [0.05, 0.1) is 5.41 Å². The highest BCUT2D eigenvalue weighted by Gasteiger charge is 2.32. The van der Waals surface area contributed by atoms with E-state index in [1.807, 2.05) is 56.0 Å². The number of nitrogens with zero attached hydrogens (tertiary/aromatic N) is 1. The van der Waals surface area contributed by atoms with Gasteiger partial charge in [0.25, 0.3) is 0 Å². The number of rotatable bonds is 6. The molecule has 0 aliphatic carbocycles. The van der Waals surface area contributed by atoms with Crippen LogP contribution in [0.25, 0.3) is 0 Å². The molecule has 0 radical (unpaired) electrons. The van der Waals surface area contributed by atoms with Crippen LogP contribution >= 0.6 is 0 Å². The summed E-state index contributed by atoms with van der Waals surface area (Å²) in [5.41, 5.74) is 6.09. The molecule has 1 aromatic carbocycles. The Morgan fingerprint density at radius 3 is 2.39 bits per heavy atom. The SMILES string of the molecule is CCN(CCCN)C(=O)C(C)(C)c1ccccc1. The summed E-state index contributed by atoms with van der Waals surface area (Å²) < 4.78 is 0. The maximum atomic E-state index is 12.6. The molecule has 1 amide bonds. The van der Waals surface area contributed by atoms with Gasteiger partial charge in [-0.2, -0.15) is 0 Å². The van der Waals surface area contributed by atoms with Gasteiger partial charge in [-0.25, -0.2) is 0 Å². The molecule has 0 aromatic heterocycles. The van der Waals surface area contributed by atoms with Crippen LogP contribution in [0.15, 0.2) is 30.3 Å². The van der Waals surface area contributed by atoms with Gasteiger partial charge in [-0.05, 0) is 39.3 Å². The van der Waals surface area contributed by atoms with E-state index in [1.165, 1.54) is 0 Å². The second kappa shape index (κ2) is 6.55. The van der Waals surface area contributed by atoms with E-state index in [2.05, 4.69) is 0 Å². The molecule has 0 heterocycles. The zero-order chi connectivity index (χ0) is 13.6. The monoisotopic (exact) mass is 248 g/mol. The third-order valence-electron chi connectivity index (χ3n) is 3.33. The van der Waals surface area contributed by atoms with E-state index in [1.54, 1.807) is 0 Å². The Morgan fingerprint density at radius 2 is 1.89 bits per heavy atom. The summed E-state index contributed by atoms with van der Waals surface area (Å²) in [5, 5.41) is 0. The van der Waals surface area contributed by atoms with Gasteiger partial charge in [-0.15, -0.1) is 0 Å². The van der Waals surface area contributed by atoms with E-state index < -0.39 is 5.41 Å². The average molecular weight is 248 g/mol. The minimum absolute atomic E-state index is 0.171. The van der Waals surface area contributed by atoms with E-state index in [4.69, 9.17) is 5.73 Å². The summed E-state index contributed by atoms with van der Waals surface area (Å²) in [5.74, 6) is 0.171. The molecule has 0 aliphatic rings. The standard InChI is InChI=1S/C15H24N2O/c1-4-17(12-8-11-16)14(18)15(2,3)13-9-6-5-7-10-13/h5-7,9-10H,4,8,11-12,16H2,1-3H3. The lowest BCUT2D eigenvalue weighted by Crippen LogP contribution is -2.44. The quantitative estimate of drug-likeness (QED) is 0.838. The predicted octanol–water partition coefficient (Wildman–Crippen LogP) is 2.16. The third-order valence-corrected chi connectivity index (χ3v) is 3.33. The Kier molecular flexibility index (Phi) is 5.35. The minimum atomic E-state index is -0.480. The molecule has 0 bridgehead atoms. The summed E-state index contributed by atoms with van der Waals surface area (Å²) >= 11 is 0. The molecule has 3 heteroatoms. The van der Waals surface area contributed by atoms with E-state index in [-0.39, 0.29) is 5.91 Å². The summed E-state index contributed by atoms with van der Waals surface area (Å²) in [6, 6.07) is 9.93. The number of amides is 1. The van der Waals surface area contributed by atoms with Crippen LogP contribution < -0.4 is 5.73 Å². The van der Waals surface area contributed by atoms with Crippen molar-refractivity contribution in [2.24, 2.45) is 5.73 Å². The maximum absolute atomic E-state index is 12.6. The summed E-state index contributed by atoms with van der Waals surface area (Å²) in [6.45, 7) is 8.06. The zero-order valence-corrected chi connectivity index (χ0v) is 11.6. The molecule has 0 saturated carbocycles. The first-order valence-electron chi connectivity index (χ1n) is 6.59. The summed E-state index contributed by atoms with van der Waals surface area (Å²) in [6.07, 6.45) is 0.852. The molecule has 18 heavy (non-hydrogen) atoms. The molecule has 0 spiro atoms. The Hall–Kier alpha value is -1.35. The predicted molar refractivity (Wildman–Crippen MR) is 75.4 cm³/mol. The van der Waals surface area contributed by atoms with Gasteiger partial charge >= 0.3 is 0 Å². The molecular weight excluding hydrogens is 224 g/mol. The van der Waals surface area contributed by atoms with Crippen LogP contribution in [-0.4, -0.2) is 30.4 Å². The molecular formula is C15H24N2O. The Labute approximate surface area is 110 Å². The van der Waals surface area contributed by atoms with E-state index in [9.17, 15) is 4.79 Å². The van der Waals surface area contributed by atoms with Crippen LogP contribution in [0.1, 0.15) is 32.8 Å². The molecule has 1 aromatic rings. The lowest BCUT2D eigenvalue weighted by molar-refractivity contribution is -0.136. The highest BCUT2D eigenvalue weighted by Crippen LogP contribution is 2.25. The van der Waals surface area contributed by atoms with Crippen molar-refractivity contribution in [3.63, 3.8) is 0 Å². The van der Waals surface area contributed by atoms with E-state index in [0.717, 1.165) is 25.1 Å². The normalized spacial score (nSPS) is 11.3. The van der Waals surface area contributed by atoms with Crippen molar-refractivity contribution in [2.45, 2.75) is 32.6 Å². The number of nitrogens with two attached hydrogens (primary N) is 1. The fourth-order valence-corrected chi connectivity index (χ4v) is 2.06. The van der Waals surface area contributed by atoms with Crippen LogP contribution in [0.5, 0.6) is 0 Å². The first-order valence-corrected chi connectivity index (χ1v) is 6.59. The molecule has 0 unspecified atom stereocenters. The number of carbonyl (C=O) groups is 1. The number of carbonyl (C=O) groups excluding carboxylic acids is 1. The first kappa shape index (κ1) is 14.7. The average Bonchev–Trinajstić information content (AvgIpc) is 2.40. The fourth-order valence-electron chi connectivity index (χ4n) is 2.06. The van der Waals surface area contributed by atoms with Gasteiger partial charge in [0, 0.05) is 13.1 Å². The summed E-state index contributed by atoms with van der Waals surface area (Å²) in [7, 11) is 0. The highest BCUT2D eigenvalue weighted by atomic mass is 16.2. The van der Waals surface area contributed by atoms with Crippen molar-refractivity contribution < 1.29 is 4.79 Å². The van der Waals surface area contributed by atoms with Gasteiger partial charge in [0.1, 0.15) is 0 Å². The second-order valence-electron chi connectivity index (χ2n) is 5.02. The van der Waals surface area contributed by atoms with Gasteiger partial charge in [0.2, 0.25) is 5.91 Å². The first-order chi connectivity index (χ1) is 8.54. The van der Waals surface area contributed by atoms with Crippen molar-refractivity contribution in [1.29, 1.82) is 0 Å². The maximum Gasteiger partial charge on any atom is 0.232 e. The van der Waals surface area contributed by atoms with Crippen LogP contribution in [0.3, 0.4) is 0 Å². The molecule has 3 nitrogen and oxygen atoms in total. The van der Waals surface area contributed by atoms with Crippen molar-refractivity contribution >= 4 is 5.91 Å². The highest BCUT2D eigenvalue weighted by molar-refractivity contribution is 5.87. The molecule has 2 N–H and O–H groups in total. The number of hydrogen-bond donors (Lipinski definition) is 1. The minimum Gasteiger partial charge on any atom is -0.342 e. The number of benzene rings is 1. The second-order valence-corrected chi connectivity index (χ2v) is 5.02. The summed E-state index contributed by atoms with van der Waals surface area (Å²) in [4.78, 5) is 14.5. The molecule has 0 saturated heterocycles. The van der Waals surface area contributed by atoms with Gasteiger partial charge < -0.3 is 10.6 Å². The van der Waals surface area contributed by atoms with Crippen LogP contribution in [-0.2, 0) is 10.2 Å². The van der Waals surface area contributed by atoms with E-state index in [0.29, 0.717) is 6.54 Å². The molecule has 0 atom stereocenters. The zero-order valence-electron chi connectivity index (χ0n) is 11.6. The molecule has 0 aliphatic heterocycles. The van der Waals surface area contributed by atoms with Crippen molar-refractivity contribution in [2.75, 3.05) is 19.6 Å². The number of hydrogen-bond acceptors (Lipinski definition) is 2. The Balaban J connectivity index is 2.86. The Bertz CT molecular complexity index is 373. The third kappa shape index (κ3) is 3.33. The van der Waals surface area contributed by atoms with Crippen LogP contribution in [0, 0.1) is 0 Å². The molecule has 0 fully saturated rings. The topological polar surface area (TPSA) is 46.3 Å². The largest absolute Gasteiger partial charge is 0.342 e. The van der Waals surface area contributed by atoms with Crippen LogP contribution in [0.2, 0.25) is 0 Å². The van der Waals surface area contributed by atoms with E-state index >= 15 is 0 Å². The van der Waals surface area contributed by atoms with Gasteiger partial charge in [0.15, 0.2) is 0 Å². The van der Waals surface area contributed by atoms with Gasteiger partial charge in [-0.3, -0.25) is 4.79 Å². The van der Waals surface area contributed by atoms with Crippen molar-refractivity contribution in [3.8, 4) is 0 Å². The van der Waals surface area contributed by atoms with Crippen molar-refractivity contribution in [3.05, 3.63) is 35.9 Å². The van der Waals surface area contributed by atoms with Crippen LogP contribution in [0.4, 0.5) is 0 Å².